The molecule has 2 aliphatic rings. The molecule has 1 saturated heterocycles. The zero-order valence-electron chi connectivity index (χ0n) is 11.7. The van der Waals surface area contributed by atoms with Gasteiger partial charge in [0, 0.05) is 23.3 Å². The van der Waals surface area contributed by atoms with Gasteiger partial charge in [0.2, 0.25) is 0 Å². The van der Waals surface area contributed by atoms with Crippen molar-refractivity contribution in [2.75, 3.05) is 13.7 Å². The minimum atomic E-state index is 0.262. The Balaban J connectivity index is 1.62. The van der Waals surface area contributed by atoms with E-state index >= 15 is 0 Å². The molecule has 104 valence electrons. The minimum absolute atomic E-state index is 0.262. The van der Waals surface area contributed by atoms with Gasteiger partial charge in [-0.15, -0.1) is 11.8 Å². The molecular formula is C16H23NOS. The van der Waals surface area contributed by atoms with Crippen molar-refractivity contribution < 1.29 is 4.74 Å². The molecule has 1 atom stereocenters. The summed E-state index contributed by atoms with van der Waals surface area (Å²) >= 11 is 2.05. The fourth-order valence-corrected chi connectivity index (χ4v) is 4.49. The predicted octanol–water partition coefficient (Wildman–Crippen LogP) is 3.60. The number of nitrogens with one attached hydrogen (secondary N) is 1. The number of benzene rings is 1. The molecule has 1 spiro atoms. The first-order valence-electron chi connectivity index (χ1n) is 7.34. The van der Waals surface area contributed by atoms with E-state index in [1.54, 1.807) is 0 Å². The quantitative estimate of drug-likeness (QED) is 0.908. The molecule has 0 aromatic heterocycles. The maximum Gasteiger partial charge on any atom is 0.0693 e. The second kappa shape index (κ2) is 5.86. The van der Waals surface area contributed by atoms with Crippen LogP contribution in [-0.4, -0.2) is 24.5 Å². The third-order valence-electron chi connectivity index (χ3n) is 4.29. The van der Waals surface area contributed by atoms with Gasteiger partial charge in [-0.25, -0.2) is 0 Å². The lowest BCUT2D eigenvalue weighted by Crippen LogP contribution is -2.46. The van der Waals surface area contributed by atoms with E-state index in [0.717, 1.165) is 18.4 Å². The van der Waals surface area contributed by atoms with Gasteiger partial charge in [-0.2, -0.15) is 0 Å². The van der Waals surface area contributed by atoms with Crippen LogP contribution in [0.5, 0.6) is 0 Å². The summed E-state index contributed by atoms with van der Waals surface area (Å²) in [6.07, 6.45) is 6.36. The minimum Gasteiger partial charge on any atom is -0.375 e. The molecule has 1 aromatic carbocycles. The number of rotatable bonds is 4. The van der Waals surface area contributed by atoms with Crippen molar-refractivity contribution >= 4 is 11.8 Å². The lowest BCUT2D eigenvalue weighted by molar-refractivity contribution is -0.125. The highest BCUT2D eigenvalue weighted by Gasteiger charge is 2.42. The van der Waals surface area contributed by atoms with Crippen molar-refractivity contribution in [1.29, 1.82) is 0 Å². The Morgan fingerprint density at radius 3 is 3.05 bits per heavy atom. The topological polar surface area (TPSA) is 21.3 Å². The summed E-state index contributed by atoms with van der Waals surface area (Å²) in [5, 5.41) is 3.95. The van der Waals surface area contributed by atoms with Crippen molar-refractivity contribution in [1.82, 2.24) is 5.32 Å². The van der Waals surface area contributed by atoms with E-state index in [9.17, 15) is 0 Å². The molecule has 1 aromatic rings. The number of hydrogen-bond acceptors (Lipinski definition) is 3. The Morgan fingerprint density at radius 1 is 1.42 bits per heavy atom. The van der Waals surface area contributed by atoms with Crippen molar-refractivity contribution in [2.45, 2.75) is 54.4 Å². The van der Waals surface area contributed by atoms with E-state index in [2.05, 4.69) is 29.6 Å². The highest BCUT2D eigenvalue weighted by molar-refractivity contribution is 8.00. The fraction of sp³-hybridized carbons (Fsp3) is 0.625. The second-order valence-corrected chi connectivity index (χ2v) is 7.17. The molecule has 0 radical (unpaired) electrons. The van der Waals surface area contributed by atoms with Crippen molar-refractivity contribution in [2.24, 2.45) is 0 Å². The number of hydrogen-bond donors (Lipinski definition) is 1. The number of ether oxygens (including phenoxy) is 1. The summed E-state index contributed by atoms with van der Waals surface area (Å²) in [5.74, 6) is 0. The molecule has 1 aliphatic heterocycles. The summed E-state index contributed by atoms with van der Waals surface area (Å²) in [4.78, 5) is 1.41. The molecule has 0 bridgehead atoms. The summed E-state index contributed by atoms with van der Waals surface area (Å²) in [6.45, 7) is 1.90. The number of thioether (sulfide) groups is 1. The van der Waals surface area contributed by atoms with E-state index in [4.69, 9.17) is 4.74 Å². The highest BCUT2D eigenvalue weighted by atomic mass is 32.2. The summed E-state index contributed by atoms with van der Waals surface area (Å²) in [5.41, 5.74) is 1.64. The zero-order valence-corrected chi connectivity index (χ0v) is 12.5. The van der Waals surface area contributed by atoms with Gasteiger partial charge >= 0.3 is 0 Å². The first-order chi connectivity index (χ1) is 9.30. The van der Waals surface area contributed by atoms with Gasteiger partial charge in [-0.05, 0) is 56.8 Å². The van der Waals surface area contributed by atoms with Crippen molar-refractivity contribution in [3.63, 3.8) is 0 Å². The normalized spacial score (nSPS) is 25.2. The molecule has 1 aliphatic carbocycles. The third-order valence-corrected chi connectivity index (χ3v) is 5.56. The van der Waals surface area contributed by atoms with Crippen LogP contribution in [0.3, 0.4) is 0 Å². The molecule has 1 heterocycles. The lowest BCUT2D eigenvalue weighted by atomic mass is 9.75. The molecule has 0 amide bonds. The molecule has 1 unspecified atom stereocenters. The van der Waals surface area contributed by atoms with Crippen molar-refractivity contribution in [3.05, 3.63) is 29.8 Å². The molecule has 3 heteroatoms. The van der Waals surface area contributed by atoms with Crippen molar-refractivity contribution in [3.8, 4) is 0 Å². The van der Waals surface area contributed by atoms with Crippen LogP contribution in [0, 0.1) is 0 Å². The Morgan fingerprint density at radius 2 is 2.32 bits per heavy atom. The van der Waals surface area contributed by atoms with E-state index in [0.29, 0.717) is 0 Å². The van der Waals surface area contributed by atoms with Crippen LogP contribution >= 0.6 is 11.8 Å². The van der Waals surface area contributed by atoms with Gasteiger partial charge in [0.1, 0.15) is 0 Å². The maximum absolute atomic E-state index is 6.01. The zero-order chi connectivity index (χ0) is 13.1. The monoisotopic (exact) mass is 277 g/mol. The van der Waals surface area contributed by atoms with Crippen LogP contribution in [0.1, 0.15) is 37.7 Å². The molecular weight excluding hydrogens is 254 g/mol. The predicted molar refractivity (Wildman–Crippen MR) is 80.6 cm³/mol. The molecule has 2 nitrogen and oxygen atoms in total. The smallest absolute Gasteiger partial charge is 0.0693 e. The molecule has 1 N–H and O–H groups in total. The Bertz CT molecular complexity index is 431. The molecule has 1 saturated carbocycles. The van der Waals surface area contributed by atoms with E-state index < -0.39 is 0 Å². The average molecular weight is 277 g/mol. The Kier molecular flexibility index (Phi) is 4.15. The molecule has 2 fully saturated rings. The third kappa shape index (κ3) is 3.15. The summed E-state index contributed by atoms with van der Waals surface area (Å²) in [6, 6.07) is 8.93. The van der Waals surface area contributed by atoms with Gasteiger partial charge in [0.15, 0.2) is 0 Å². The van der Waals surface area contributed by atoms with Gasteiger partial charge in [-0.1, -0.05) is 12.1 Å². The first kappa shape index (κ1) is 13.5. The van der Waals surface area contributed by atoms with Gasteiger partial charge < -0.3 is 10.1 Å². The summed E-state index contributed by atoms with van der Waals surface area (Å²) < 4.78 is 6.01. The van der Waals surface area contributed by atoms with Gasteiger partial charge in [-0.3, -0.25) is 0 Å². The lowest BCUT2D eigenvalue weighted by Gasteiger charge is -2.47. The van der Waals surface area contributed by atoms with Crippen LogP contribution in [0.2, 0.25) is 0 Å². The molecule has 19 heavy (non-hydrogen) atoms. The van der Waals surface area contributed by atoms with Crippen LogP contribution in [0.4, 0.5) is 0 Å². The van der Waals surface area contributed by atoms with Crippen LogP contribution < -0.4 is 5.32 Å². The van der Waals surface area contributed by atoms with Gasteiger partial charge in [0.05, 0.1) is 5.60 Å². The summed E-state index contributed by atoms with van der Waals surface area (Å²) in [7, 11) is 2.00. The Labute approximate surface area is 120 Å². The largest absolute Gasteiger partial charge is 0.375 e. The fourth-order valence-electron chi connectivity index (χ4n) is 3.13. The van der Waals surface area contributed by atoms with E-state index in [-0.39, 0.29) is 5.60 Å². The Hall–Kier alpha value is -0.510. The second-order valence-electron chi connectivity index (χ2n) is 5.80. The van der Waals surface area contributed by atoms with Crippen LogP contribution in [0.25, 0.3) is 0 Å². The van der Waals surface area contributed by atoms with Crippen LogP contribution in [0.15, 0.2) is 29.2 Å². The van der Waals surface area contributed by atoms with Crippen LogP contribution in [-0.2, 0) is 11.3 Å². The standard InChI is InChI=1S/C16H23NOS/c1-17-12-13-4-2-5-14(10-13)19-15-6-9-18-16(11-15)7-3-8-16/h2,4-5,10,15,17H,3,6-9,11-12H2,1H3. The molecule has 3 rings (SSSR count). The average Bonchev–Trinajstić information content (AvgIpc) is 2.38. The van der Waals surface area contributed by atoms with E-state index in [1.807, 2.05) is 18.8 Å². The SMILES string of the molecule is CNCc1cccc(SC2CCOC3(CCC3)C2)c1. The maximum atomic E-state index is 6.01. The highest BCUT2D eigenvalue weighted by Crippen LogP contribution is 2.46. The van der Waals surface area contributed by atoms with Gasteiger partial charge in [0.25, 0.3) is 0 Å². The first-order valence-corrected chi connectivity index (χ1v) is 8.22. The van der Waals surface area contributed by atoms with E-state index in [1.165, 1.54) is 42.6 Å².